The summed E-state index contributed by atoms with van der Waals surface area (Å²) in [6, 6.07) is 0. The van der Waals surface area contributed by atoms with E-state index in [-0.39, 0.29) is 25.7 Å². The van der Waals surface area contributed by atoms with E-state index in [1.807, 2.05) is 0 Å². The van der Waals surface area contributed by atoms with Crippen LogP contribution in [0.1, 0.15) is 414 Å². The van der Waals surface area contributed by atoms with Crippen LogP contribution in [-0.4, -0.2) is 96.7 Å². The third-order valence-corrected chi connectivity index (χ3v) is 20.4. The van der Waals surface area contributed by atoms with E-state index in [2.05, 4.69) is 41.5 Å². The Morgan fingerprint density at radius 3 is 0.694 bits per heavy atom. The number of hydrogen-bond acceptors (Lipinski definition) is 15. The lowest BCUT2D eigenvalue weighted by molar-refractivity contribution is -0.161. The first-order chi connectivity index (χ1) is 47.4. The van der Waals surface area contributed by atoms with Crippen molar-refractivity contribution in [3.63, 3.8) is 0 Å². The van der Waals surface area contributed by atoms with Gasteiger partial charge < -0.3 is 33.8 Å². The molecule has 0 spiro atoms. The maximum Gasteiger partial charge on any atom is 0.472 e. The zero-order valence-electron chi connectivity index (χ0n) is 64.1. The zero-order chi connectivity index (χ0) is 72.1. The van der Waals surface area contributed by atoms with Gasteiger partial charge in [0.2, 0.25) is 0 Å². The first kappa shape index (κ1) is 96.1. The third kappa shape index (κ3) is 72.4. The molecule has 0 saturated carbocycles. The number of carbonyl (C=O) groups is 4. The maximum atomic E-state index is 13.1. The first-order valence-electron chi connectivity index (χ1n) is 41.0. The van der Waals surface area contributed by atoms with Gasteiger partial charge in [-0.2, -0.15) is 0 Å². The molecule has 3 N–H and O–H groups in total. The van der Waals surface area contributed by atoms with E-state index in [4.69, 9.17) is 37.0 Å². The molecule has 17 nitrogen and oxygen atoms in total. The molecule has 0 aliphatic carbocycles. The van der Waals surface area contributed by atoms with Gasteiger partial charge in [0.15, 0.2) is 12.2 Å². The molecule has 0 radical (unpaired) electrons. The number of phosphoric acid groups is 2. The SMILES string of the molecule is CCCCCCCCCCCCCCCCC(=O)O[C@H](COC(=O)CCCCCCCCCCCCCCC)COP(=O)(O)OC[C@H](O)COP(=O)(O)OC[C@@H](COC(=O)CCCCCCCCCCCCCCC(C)C)OC(=O)CCCCCCCCCCCCCCCC(C)C. The minimum atomic E-state index is -4.96. The number of hydrogen-bond donors (Lipinski definition) is 3. The van der Waals surface area contributed by atoms with E-state index < -0.39 is 97.5 Å². The van der Waals surface area contributed by atoms with Gasteiger partial charge in [-0.05, 0) is 37.5 Å². The molecule has 5 atom stereocenters. The summed E-state index contributed by atoms with van der Waals surface area (Å²) in [5.41, 5.74) is 0. The molecule has 0 fully saturated rings. The van der Waals surface area contributed by atoms with Crippen LogP contribution in [-0.2, 0) is 65.4 Å². The van der Waals surface area contributed by atoms with Crippen LogP contribution in [0.3, 0.4) is 0 Å². The van der Waals surface area contributed by atoms with Crippen LogP contribution in [0.15, 0.2) is 0 Å². The normalized spacial score (nSPS) is 13.9. The molecule has 98 heavy (non-hydrogen) atoms. The second-order valence-electron chi connectivity index (χ2n) is 29.4. The van der Waals surface area contributed by atoms with E-state index >= 15 is 0 Å². The number of esters is 4. The molecule has 0 bridgehead atoms. The summed E-state index contributed by atoms with van der Waals surface area (Å²) in [7, 11) is -9.92. The zero-order valence-corrected chi connectivity index (χ0v) is 65.9. The second kappa shape index (κ2) is 70.7. The maximum absolute atomic E-state index is 13.1. The largest absolute Gasteiger partial charge is 0.472 e. The smallest absolute Gasteiger partial charge is 0.462 e. The molecular weight excluding hydrogens is 1280 g/mol. The highest BCUT2D eigenvalue weighted by Gasteiger charge is 2.30. The summed E-state index contributed by atoms with van der Waals surface area (Å²) in [6.07, 6.45) is 59.4. The van der Waals surface area contributed by atoms with Crippen LogP contribution in [0.5, 0.6) is 0 Å². The van der Waals surface area contributed by atoms with E-state index in [0.29, 0.717) is 25.7 Å². The quantitative estimate of drug-likeness (QED) is 0.0222. The van der Waals surface area contributed by atoms with Crippen molar-refractivity contribution in [3.05, 3.63) is 0 Å². The summed E-state index contributed by atoms with van der Waals surface area (Å²) in [6.45, 7) is 9.66. The van der Waals surface area contributed by atoms with Crippen molar-refractivity contribution in [1.29, 1.82) is 0 Å². The molecule has 0 heterocycles. The summed E-state index contributed by atoms with van der Waals surface area (Å²) in [5.74, 6) is -0.539. The summed E-state index contributed by atoms with van der Waals surface area (Å²) >= 11 is 0. The Balaban J connectivity index is 5.27. The van der Waals surface area contributed by atoms with Gasteiger partial charge >= 0.3 is 39.5 Å². The van der Waals surface area contributed by atoms with Gasteiger partial charge in [-0.25, -0.2) is 9.13 Å². The molecule has 582 valence electrons. The molecule has 0 amide bonds. The Labute approximate surface area is 600 Å². The van der Waals surface area contributed by atoms with Crippen LogP contribution in [0.2, 0.25) is 0 Å². The van der Waals surface area contributed by atoms with Crippen molar-refractivity contribution < 1.29 is 80.2 Å². The molecule has 2 unspecified atom stereocenters. The van der Waals surface area contributed by atoms with Gasteiger partial charge in [-0.15, -0.1) is 0 Å². The van der Waals surface area contributed by atoms with Crippen molar-refractivity contribution in [2.45, 2.75) is 432 Å². The second-order valence-corrected chi connectivity index (χ2v) is 32.3. The van der Waals surface area contributed by atoms with Gasteiger partial charge in [0.05, 0.1) is 26.4 Å². The fraction of sp³-hybridized carbons (Fsp3) is 0.949. The van der Waals surface area contributed by atoms with E-state index in [1.54, 1.807) is 0 Å². The molecule has 0 aromatic rings. The highest BCUT2D eigenvalue weighted by atomic mass is 31.2. The summed E-state index contributed by atoms with van der Waals surface area (Å²) in [5, 5.41) is 10.6. The molecule has 0 saturated heterocycles. The predicted molar refractivity (Wildman–Crippen MR) is 400 cm³/mol. The van der Waals surface area contributed by atoms with Crippen molar-refractivity contribution in [1.82, 2.24) is 0 Å². The first-order valence-corrected chi connectivity index (χ1v) is 44.0. The lowest BCUT2D eigenvalue weighted by atomic mass is 10.0. The number of aliphatic hydroxyl groups excluding tert-OH is 1. The van der Waals surface area contributed by atoms with E-state index in [1.165, 1.54) is 231 Å². The van der Waals surface area contributed by atoms with Gasteiger partial charge in [0.25, 0.3) is 0 Å². The number of aliphatic hydroxyl groups is 1. The van der Waals surface area contributed by atoms with Gasteiger partial charge in [-0.1, -0.05) is 363 Å². The minimum absolute atomic E-state index is 0.107. The van der Waals surface area contributed by atoms with Crippen LogP contribution in [0, 0.1) is 11.8 Å². The topological polar surface area (TPSA) is 237 Å². The number of unbranched alkanes of at least 4 members (excludes halogenated alkanes) is 48. The van der Waals surface area contributed by atoms with Crippen LogP contribution >= 0.6 is 15.6 Å². The highest BCUT2D eigenvalue weighted by Crippen LogP contribution is 2.45. The van der Waals surface area contributed by atoms with Crippen LogP contribution in [0.25, 0.3) is 0 Å². The molecule has 0 aromatic heterocycles. The molecule has 0 aliphatic heterocycles. The number of carbonyl (C=O) groups excluding carboxylic acids is 4. The lowest BCUT2D eigenvalue weighted by Gasteiger charge is -2.21. The molecule has 19 heteroatoms. The van der Waals surface area contributed by atoms with Crippen molar-refractivity contribution >= 4 is 39.5 Å². The fourth-order valence-corrected chi connectivity index (χ4v) is 13.8. The Bertz CT molecular complexity index is 1890. The number of rotatable bonds is 78. The van der Waals surface area contributed by atoms with E-state index in [9.17, 15) is 43.2 Å². The van der Waals surface area contributed by atoms with Gasteiger partial charge in [-0.3, -0.25) is 37.3 Å². The van der Waals surface area contributed by atoms with Crippen molar-refractivity contribution in [2.75, 3.05) is 39.6 Å². The molecule has 0 aliphatic rings. The van der Waals surface area contributed by atoms with Crippen LogP contribution < -0.4 is 0 Å². The van der Waals surface area contributed by atoms with Crippen molar-refractivity contribution in [3.8, 4) is 0 Å². The Kier molecular flexibility index (Phi) is 69.3. The Hall–Kier alpha value is -1.94. The molecular formula is C79H154O17P2. The van der Waals surface area contributed by atoms with E-state index in [0.717, 1.165) is 102 Å². The van der Waals surface area contributed by atoms with Gasteiger partial charge in [0.1, 0.15) is 19.3 Å². The van der Waals surface area contributed by atoms with Gasteiger partial charge in [0, 0.05) is 25.7 Å². The summed E-state index contributed by atoms with van der Waals surface area (Å²) in [4.78, 5) is 73.0. The number of ether oxygens (including phenoxy) is 4. The fourth-order valence-electron chi connectivity index (χ4n) is 12.2. The Morgan fingerprint density at radius 2 is 0.469 bits per heavy atom. The predicted octanol–water partition coefficient (Wildman–Crippen LogP) is 23.5. The Morgan fingerprint density at radius 1 is 0.276 bits per heavy atom. The third-order valence-electron chi connectivity index (χ3n) is 18.5. The average Bonchev–Trinajstić information content (AvgIpc) is 1.58. The molecule has 0 rings (SSSR count). The average molecular weight is 1440 g/mol. The lowest BCUT2D eigenvalue weighted by Crippen LogP contribution is -2.30. The monoisotopic (exact) mass is 1440 g/mol. The minimum Gasteiger partial charge on any atom is -0.462 e. The highest BCUT2D eigenvalue weighted by molar-refractivity contribution is 7.47. The number of phosphoric ester groups is 2. The summed E-state index contributed by atoms with van der Waals surface area (Å²) < 4.78 is 68.7. The van der Waals surface area contributed by atoms with Crippen molar-refractivity contribution in [2.24, 2.45) is 11.8 Å². The standard InChI is InChI=1S/C79H154O17P2/c1-7-9-11-13-15-17-19-21-25-33-39-45-51-57-63-78(83)95-74(67-89-76(81)61-55-49-43-37-31-23-20-18-16-14-12-10-8-2)69-93-97(85,86)91-65-73(80)66-92-98(87,88)94-70-75(68-90-77(82)62-56-50-44-38-32-28-27-30-36-42-48-54-60-72(5)6)96-79(84)64-58-52-46-40-34-26-22-24-29-35-41-47-53-59-71(3)4/h71-75,80H,7-70H2,1-6H3,(H,85,86)(H,87,88)/t73-,74+,75+/m0/s1. The molecule has 0 aromatic carbocycles. The van der Waals surface area contributed by atoms with Crippen LogP contribution in [0.4, 0.5) is 0 Å².